The van der Waals surface area contributed by atoms with Crippen LogP contribution < -0.4 is 16.4 Å². The monoisotopic (exact) mass is 285 g/mol. The number of pyridine rings is 2. The number of nitrogens with two attached hydrogens (primary N) is 1. The van der Waals surface area contributed by atoms with Crippen LogP contribution in [0, 0.1) is 0 Å². The third-order valence-electron chi connectivity index (χ3n) is 2.88. The first kappa shape index (κ1) is 14.9. The number of carbonyl (C=O) groups excluding carboxylic acids is 1. The number of carbonyl (C=O) groups is 1. The third kappa shape index (κ3) is 5.19. The Hall–Kier alpha value is -2.47. The smallest absolute Gasteiger partial charge is 0.225 e. The van der Waals surface area contributed by atoms with Gasteiger partial charge in [0.25, 0.3) is 0 Å². The van der Waals surface area contributed by atoms with Crippen molar-refractivity contribution in [3.8, 4) is 0 Å². The Morgan fingerprint density at radius 3 is 2.67 bits per heavy atom. The summed E-state index contributed by atoms with van der Waals surface area (Å²) < 4.78 is 0. The first-order valence-electron chi connectivity index (χ1n) is 6.86. The predicted molar refractivity (Wildman–Crippen MR) is 82.7 cm³/mol. The average Bonchev–Trinajstić information content (AvgIpc) is 2.53. The summed E-state index contributed by atoms with van der Waals surface area (Å²) in [5, 5.41) is 5.99. The Morgan fingerprint density at radius 2 is 2.00 bits per heavy atom. The van der Waals surface area contributed by atoms with Crippen molar-refractivity contribution in [1.29, 1.82) is 0 Å². The number of hydrogen-bond acceptors (Lipinski definition) is 5. The van der Waals surface area contributed by atoms with Gasteiger partial charge in [-0.15, -0.1) is 0 Å². The van der Waals surface area contributed by atoms with E-state index in [1.165, 1.54) is 0 Å². The number of nitrogens with zero attached hydrogens (tertiary/aromatic N) is 2. The second kappa shape index (κ2) is 7.96. The maximum Gasteiger partial charge on any atom is 0.225 e. The van der Waals surface area contributed by atoms with E-state index >= 15 is 0 Å². The van der Waals surface area contributed by atoms with Crippen molar-refractivity contribution in [3.05, 3.63) is 48.4 Å². The summed E-state index contributed by atoms with van der Waals surface area (Å²) in [7, 11) is 0. The van der Waals surface area contributed by atoms with E-state index in [2.05, 4.69) is 20.6 Å². The average molecular weight is 285 g/mol. The molecule has 0 atom stereocenters. The van der Waals surface area contributed by atoms with Crippen molar-refractivity contribution < 1.29 is 4.79 Å². The molecule has 0 fully saturated rings. The van der Waals surface area contributed by atoms with E-state index in [-0.39, 0.29) is 5.91 Å². The zero-order valence-corrected chi connectivity index (χ0v) is 11.7. The van der Waals surface area contributed by atoms with Crippen LogP contribution in [0.3, 0.4) is 0 Å². The number of aromatic nitrogens is 2. The summed E-state index contributed by atoms with van der Waals surface area (Å²) in [6.45, 7) is 1.21. The van der Waals surface area contributed by atoms with Crippen LogP contribution in [0.4, 0.5) is 11.5 Å². The van der Waals surface area contributed by atoms with Crippen LogP contribution in [-0.2, 0) is 11.3 Å². The molecule has 1 amide bonds. The Morgan fingerprint density at radius 1 is 1.19 bits per heavy atom. The van der Waals surface area contributed by atoms with Crippen LogP contribution in [-0.4, -0.2) is 22.4 Å². The van der Waals surface area contributed by atoms with Gasteiger partial charge >= 0.3 is 0 Å². The largest absolute Gasteiger partial charge is 0.380 e. The van der Waals surface area contributed by atoms with Gasteiger partial charge in [-0.2, -0.15) is 0 Å². The Balaban J connectivity index is 1.83. The number of hydrogen-bond donors (Lipinski definition) is 3. The van der Waals surface area contributed by atoms with Crippen molar-refractivity contribution in [3.63, 3.8) is 0 Å². The maximum atomic E-state index is 11.5. The Labute approximate surface area is 123 Å². The lowest BCUT2D eigenvalue weighted by molar-refractivity contribution is -0.116. The molecule has 0 radical (unpaired) electrons. The van der Waals surface area contributed by atoms with Gasteiger partial charge in [0.1, 0.15) is 5.82 Å². The second-order valence-corrected chi connectivity index (χ2v) is 4.58. The fourth-order valence-electron chi connectivity index (χ4n) is 1.75. The minimum absolute atomic E-state index is 0.0644. The van der Waals surface area contributed by atoms with Crippen LogP contribution in [0.5, 0.6) is 0 Å². The minimum Gasteiger partial charge on any atom is -0.380 e. The molecule has 6 heteroatoms. The van der Waals surface area contributed by atoms with Gasteiger partial charge < -0.3 is 16.4 Å². The molecule has 6 nitrogen and oxygen atoms in total. The molecular formula is C15H19N5O. The number of anilines is 2. The number of nitrogens with one attached hydrogen (secondary N) is 2. The van der Waals surface area contributed by atoms with Gasteiger partial charge in [-0.1, -0.05) is 0 Å². The van der Waals surface area contributed by atoms with Crippen LogP contribution in [0.15, 0.2) is 42.9 Å². The normalized spacial score (nSPS) is 10.1. The topological polar surface area (TPSA) is 92.9 Å². The predicted octanol–water partition coefficient (Wildman–Crippen LogP) is 1.77. The molecule has 0 aliphatic heterocycles. The molecule has 0 bridgehead atoms. The van der Waals surface area contributed by atoms with Crippen LogP contribution in [0.25, 0.3) is 0 Å². The number of rotatable bonds is 7. The van der Waals surface area contributed by atoms with Gasteiger partial charge in [0.15, 0.2) is 0 Å². The molecule has 110 valence electrons. The highest BCUT2D eigenvalue weighted by Gasteiger charge is 2.02. The molecule has 2 aromatic heterocycles. The lowest BCUT2D eigenvalue weighted by atomic mass is 10.2. The summed E-state index contributed by atoms with van der Waals surface area (Å²) in [5.41, 5.74) is 7.40. The highest BCUT2D eigenvalue weighted by Crippen LogP contribution is 2.11. The van der Waals surface area contributed by atoms with Crippen molar-refractivity contribution in [2.24, 2.45) is 5.73 Å². The van der Waals surface area contributed by atoms with E-state index in [1.54, 1.807) is 24.7 Å². The van der Waals surface area contributed by atoms with E-state index in [4.69, 9.17) is 5.73 Å². The van der Waals surface area contributed by atoms with E-state index in [1.807, 2.05) is 18.2 Å². The van der Waals surface area contributed by atoms with E-state index in [0.717, 1.165) is 11.3 Å². The quantitative estimate of drug-likeness (QED) is 0.721. The lowest BCUT2D eigenvalue weighted by Gasteiger charge is -2.08. The van der Waals surface area contributed by atoms with Crippen molar-refractivity contribution >= 4 is 17.4 Å². The van der Waals surface area contributed by atoms with E-state index in [0.29, 0.717) is 31.7 Å². The van der Waals surface area contributed by atoms with Crippen molar-refractivity contribution in [2.45, 2.75) is 19.4 Å². The fraction of sp³-hybridized carbons (Fsp3) is 0.267. The van der Waals surface area contributed by atoms with E-state index < -0.39 is 0 Å². The molecule has 0 saturated heterocycles. The zero-order valence-electron chi connectivity index (χ0n) is 11.7. The van der Waals surface area contributed by atoms with E-state index in [9.17, 15) is 4.79 Å². The molecule has 0 aromatic carbocycles. The molecule has 0 spiro atoms. The summed E-state index contributed by atoms with van der Waals surface area (Å²) in [5.74, 6) is 0.483. The maximum absolute atomic E-state index is 11.5. The number of amides is 1. The summed E-state index contributed by atoms with van der Waals surface area (Å²) >= 11 is 0. The molecule has 0 saturated carbocycles. The van der Waals surface area contributed by atoms with Gasteiger partial charge in [0.2, 0.25) is 5.91 Å². The molecule has 2 aromatic rings. The highest BCUT2D eigenvalue weighted by molar-refractivity contribution is 5.89. The van der Waals surface area contributed by atoms with Crippen LogP contribution in [0.1, 0.15) is 18.4 Å². The van der Waals surface area contributed by atoms with Gasteiger partial charge in [0, 0.05) is 25.4 Å². The lowest BCUT2D eigenvalue weighted by Crippen LogP contribution is -2.14. The Bertz CT molecular complexity index is 556. The van der Waals surface area contributed by atoms with Gasteiger partial charge in [-0.25, -0.2) is 4.98 Å². The molecule has 0 unspecified atom stereocenters. The zero-order chi connectivity index (χ0) is 14.9. The summed E-state index contributed by atoms with van der Waals surface area (Å²) in [6, 6.07) is 7.56. The first-order chi connectivity index (χ1) is 10.3. The Kier molecular flexibility index (Phi) is 5.66. The molecule has 2 rings (SSSR count). The van der Waals surface area contributed by atoms with Gasteiger partial charge in [0.05, 0.1) is 11.9 Å². The van der Waals surface area contributed by atoms with Crippen molar-refractivity contribution in [2.75, 3.05) is 17.2 Å². The SMILES string of the molecule is NCCCC(=O)Nc1ccc(NCc2ccncc2)cn1. The molecule has 21 heavy (non-hydrogen) atoms. The molecule has 2 heterocycles. The highest BCUT2D eigenvalue weighted by atomic mass is 16.1. The second-order valence-electron chi connectivity index (χ2n) is 4.58. The van der Waals surface area contributed by atoms with Gasteiger partial charge in [-0.3, -0.25) is 9.78 Å². The van der Waals surface area contributed by atoms with Crippen LogP contribution >= 0.6 is 0 Å². The van der Waals surface area contributed by atoms with Gasteiger partial charge in [-0.05, 0) is 42.8 Å². The molecule has 0 aliphatic carbocycles. The summed E-state index contributed by atoms with van der Waals surface area (Å²) in [6.07, 6.45) is 6.31. The first-order valence-corrected chi connectivity index (χ1v) is 6.86. The fourth-order valence-corrected chi connectivity index (χ4v) is 1.75. The van der Waals surface area contributed by atoms with Crippen molar-refractivity contribution in [1.82, 2.24) is 9.97 Å². The van der Waals surface area contributed by atoms with Crippen LogP contribution in [0.2, 0.25) is 0 Å². The standard InChI is InChI=1S/C15H19N5O/c16-7-1-2-15(21)20-14-4-3-13(11-19-14)18-10-12-5-8-17-9-6-12/h3-6,8-9,11,18H,1-2,7,10,16H2,(H,19,20,21). The molecule has 4 N–H and O–H groups in total. The molecule has 0 aliphatic rings. The summed E-state index contributed by atoms with van der Waals surface area (Å²) in [4.78, 5) is 19.7. The molecular weight excluding hydrogens is 266 g/mol. The minimum atomic E-state index is -0.0644. The third-order valence-corrected chi connectivity index (χ3v) is 2.88.